The highest BCUT2D eigenvalue weighted by Gasteiger charge is 2.53. The van der Waals surface area contributed by atoms with Crippen LogP contribution in [0.2, 0.25) is 0 Å². The second-order valence-electron chi connectivity index (χ2n) is 8.76. The zero-order chi connectivity index (χ0) is 18.3. The summed E-state index contributed by atoms with van der Waals surface area (Å²) < 4.78 is 13.2. The van der Waals surface area contributed by atoms with Gasteiger partial charge in [-0.2, -0.15) is 0 Å². The van der Waals surface area contributed by atoms with Crippen LogP contribution in [0.3, 0.4) is 0 Å². The molecule has 0 heterocycles. The predicted octanol–water partition coefficient (Wildman–Crippen LogP) is 3.28. The molecule has 0 aliphatic heterocycles. The Hall–Kier alpha value is -1.91. The Morgan fingerprint density at radius 2 is 1.77 bits per heavy atom. The van der Waals surface area contributed by atoms with Crippen LogP contribution in [0.4, 0.5) is 4.39 Å². The second-order valence-corrected chi connectivity index (χ2v) is 8.76. The van der Waals surface area contributed by atoms with E-state index in [1.807, 2.05) is 0 Å². The molecule has 2 N–H and O–H groups in total. The van der Waals surface area contributed by atoms with Gasteiger partial charge in [0.2, 0.25) is 5.91 Å². The van der Waals surface area contributed by atoms with Gasteiger partial charge in [-0.15, -0.1) is 0 Å². The number of nitrogens with one attached hydrogen (secondary N) is 2. The maximum absolute atomic E-state index is 13.2. The predicted molar refractivity (Wildman–Crippen MR) is 96.9 cm³/mol. The first kappa shape index (κ1) is 17.5. The number of benzene rings is 1. The Labute approximate surface area is 153 Å². The Morgan fingerprint density at radius 3 is 2.35 bits per heavy atom. The summed E-state index contributed by atoms with van der Waals surface area (Å²) in [6.45, 7) is 2.05. The first-order valence-corrected chi connectivity index (χ1v) is 9.77. The Balaban J connectivity index is 1.31. The quantitative estimate of drug-likeness (QED) is 0.849. The molecule has 1 aromatic carbocycles. The molecule has 0 aromatic heterocycles. The van der Waals surface area contributed by atoms with Crippen LogP contribution < -0.4 is 10.6 Å². The maximum atomic E-state index is 13.2. The molecule has 4 saturated carbocycles. The molecule has 1 aromatic rings. The molecule has 26 heavy (non-hydrogen) atoms. The first-order chi connectivity index (χ1) is 12.4. The van der Waals surface area contributed by atoms with Gasteiger partial charge in [-0.25, -0.2) is 4.39 Å². The summed E-state index contributed by atoms with van der Waals surface area (Å²) in [5.74, 6) is 1.47. The number of rotatable bonds is 5. The minimum Gasteiger partial charge on any atom is -0.352 e. The zero-order valence-corrected chi connectivity index (χ0v) is 15.3. The van der Waals surface area contributed by atoms with Crippen LogP contribution in [-0.4, -0.2) is 24.4 Å². The molecule has 4 aliphatic carbocycles. The van der Waals surface area contributed by atoms with Crippen molar-refractivity contribution in [3.05, 3.63) is 35.6 Å². The van der Waals surface area contributed by atoms with E-state index >= 15 is 0 Å². The molecule has 5 heteroatoms. The lowest BCUT2D eigenvalue weighted by molar-refractivity contribution is -0.124. The molecule has 0 unspecified atom stereocenters. The van der Waals surface area contributed by atoms with Crippen molar-refractivity contribution in [2.24, 2.45) is 23.2 Å². The first-order valence-electron chi connectivity index (χ1n) is 9.77. The standard InChI is InChI=1S/C21H27FN2O2/c1-13(21-9-14-5-15(10-21)7-16(6-14)11-21)24-19(25)12-23-20(26)17-3-2-4-18(22)8-17/h2-4,8,13-16H,5-7,9-12H2,1H3,(H,23,26)(H,24,25)/t13-,14?,15?,16?,21?/m0/s1. The molecule has 4 nitrogen and oxygen atoms in total. The topological polar surface area (TPSA) is 58.2 Å². The van der Waals surface area contributed by atoms with Crippen molar-refractivity contribution in [3.63, 3.8) is 0 Å². The van der Waals surface area contributed by atoms with E-state index in [9.17, 15) is 14.0 Å². The van der Waals surface area contributed by atoms with Gasteiger partial charge in [-0.05, 0) is 86.8 Å². The van der Waals surface area contributed by atoms with Gasteiger partial charge in [0.1, 0.15) is 5.82 Å². The van der Waals surface area contributed by atoms with Crippen molar-refractivity contribution >= 4 is 11.8 Å². The third-order valence-corrected chi connectivity index (χ3v) is 6.88. The van der Waals surface area contributed by atoms with Gasteiger partial charge in [0, 0.05) is 11.6 Å². The third kappa shape index (κ3) is 3.36. The van der Waals surface area contributed by atoms with Crippen molar-refractivity contribution in [1.82, 2.24) is 10.6 Å². The average Bonchev–Trinajstić information content (AvgIpc) is 2.58. The summed E-state index contributed by atoms with van der Waals surface area (Å²) in [6, 6.07) is 5.62. The van der Waals surface area contributed by atoms with Crippen molar-refractivity contribution in [1.29, 1.82) is 0 Å². The molecule has 5 rings (SSSR count). The monoisotopic (exact) mass is 358 g/mol. The van der Waals surface area contributed by atoms with Crippen LogP contribution in [0.1, 0.15) is 55.8 Å². The van der Waals surface area contributed by atoms with E-state index in [1.165, 1.54) is 62.8 Å². The van der Waals surface area contributed by atoms with E-state index in [0.717, 1.165) is 17.8 Å². The lowest BCUT2D eigenvalue weighted by Gasteiger charge is -2.59. The number of carbonyl (C=O) groups excluding carboxylic acids is 2. The van der Waals surface area contributed by atoms with Crippen LogP contribution in [0.15, 0.2) is 24.3 Å². The largest absolute Gasteiger partial charge is 0.352 e. The van der Waals surface area contributed by atoms with E-state index in [4.69, 9.17) is 0 Å². The van der Waals surface area contributed by atoms with Crippen LogP contribution in [0.5, 0.6) is 0 Å². The van der Waals surface area contributed by atoms with E-state index < -0.39 is 11.7 Å². The van der Waals surface area contributed by atoms with Gasteiger partial charge in [-0.1, -0.05) is 6.07 Å². The molecular weight excluding hydrogens is 331 g/mol. The van der Waals surface area contributed by atoms with Crippen molar-refractivity contribution in [2.75, 3.05) is 6.54 Å². The number of hydrogen-bond acceptors (Lipinski definition) is 2. The van der Waals surface area contributed by atoms with E-state index in [-0.39, 0.29) is 29.5 Å². The second kappa shape index (κ2) is 6.67. The summed E-state index contributed by atoms with van der Waals surface area (Å²) >= 11 is 0. The molecule has 4 fully saturated rings. The van der Waals surface area contributed by atoms with Gasteiger partial charge in [-0.3, -0.25) is 9.59 Å². The smallest absolute Gasteiger partial charge is 0.251 e. The number of halogens is 1. The van der Waals surface area contributed by atoms with Crippen molar-refractivity contribution in [3.8, 4) is 0 Å². The van der Waals surface area contributed by atoms with Crippen LogP contribution in [0.25, 0.3) is 0 Å². The molecule has 4 bridgehead atoms. The minimum absolute atomic E-state index is 0.0773. The molecule has 0 radical (unpaired) electrons. The van der Waals surface area contributed by atoms with Crippen molar-refractivity contribution < 1.29 is 14.0 Å². The van der Waals surface area contributed by atoms with Gasteiger partial charge in [0.15, 0.2) is 0 Å². The van der Waals surface area contributed by atoms with Gasteiger partial charge >= 0.3 is 0 Å². The summed E-state index contributed by atoms with van der Waals surface area (Å²) in [7, 11) is 0. The molecule has 1 atom stereocenters. The molecule has 0 spiro atoms. The Kier molecular flexibility index (Phi) is 4.49. The fraction of sp³-hybridized carbons (Fsp3) is 0.619. The van der Waals surface area contributed by atoms with Crippen LogP contribution in [0, 0.1) is 29.0 Å². The molecule has 0 saturated heterocycles. The summed E-state index contributed by atoms with van der Waals surface area (Å²) in [5, 5.41) is 5.71. The third-order valence-electron chi connectivity index (χ3n) is 6.88. The van der Waals surface area contributed by atoms with Crippen LogP contribution >= 0.6 is 0 Å². The lowest BCUT2D eigenvalue weighted by atomic mass is 9.48. The van der Waals surface area contributed by atoms with Gasteiger partial charge in [0.05, 0.1) is 6.54 Å². The normalized spacial score (nSPS) is 32.9. The maximum Gasteiger partial charge on any atom is 0.251 e. The number of carbonyl (C=O) groups is 2. The SMILES string of the molecule is C[C@H](NC(=O)CNC(=O)c1cccc(F)c1)C12CC3CC(CC(C3)C1)C2. The van der Waals surface area contributed by atoms with E-state index in [1.54, 1.807) is 0 Å². The number of amides is 2. The fourth-order valence-electron chi connectivity index (χ4n) is 6.05. The Morgan fingerprint density at radius 1 is 1.15 bits per heavy atom. The van der Waals surface area contributed by atoms with Gasteiger partial charge in [0.25, 0.3) is 5.91 Å². The lowest BCUT2D eigenvalue weighted by Crippen LogP contribution is -2.56. The minimum atomic E-state index is -0.461. The highest BCUT2D eigenvalue weighted by molar-refractivity contribution is 5.96. The van der Waals surface area contributed by atoms with Gasteiger partial charge < -0.3 is 10.6 Å². The zero-order valence-electron chi connectivity index (χ0n) is 15.3. The van der Waals surface area contributed by atoms with E-state index in [2.05, 4.69) is 17.6 Å². The average molecular weight is 358 g/mol. The molecule has 2 amide bonds. The highest BCUT2D eigenvalue weighted by Crippen LogP contribution is 2.61. The highest BCUT2D eigenvalue weighted by atomic mass is 19.1. The van der Waals surface area contributed by atoms with Crippen molar-refractivity contribution in [2.45, 2.75) is 51.5 Å². The number of hydrogen-bond donors (Lipinski definition) is 2. The Bertz CT molecular complexity index is 682. The van der Waals surface area contributed by atoms with E-state index in [0.29, 0.717) is 0 Å². The summed E-state index contributed by atoms with van der Waals surface area (Å²) in [4.78, 5) is 24.4. The summed E-state index contributed by atoms with van der Waals surface area (Å²) in [5.41, 5.74) is 0.476. The fourth-order valence-corrected chi connectivity index (χ4v) is 6.05. The van der Waals surface area contributed by atoms with Crippen LogP contribution in [-0.2, 0) is 4.79 Å². The summed E-state index contributed by atoms with van der Waals surface area (Å²) in [6.07, 6.45) is 7.83. The molecular formula is C21H27FN2O2. The molecule has 140 valence electrons. The molecule has 4 aliphatic rings.